The standard InChI is InChI=1S/C22H20ClFN2O3S/c23-18-10-12-19(13-11-18)30(28,29)26(15-14-16-6-4-5-9-20(16)24)21(22(25)27)17-7-2-1-3-8-17/h1-13,21H,14-15H2,(H2,25,27)/t21-/m1/s1. The van der Waals surface area contributed by atoms with E-state index >= 15 is 0 Å². The highest BCUT2D eigenvalue weighted by Gasteiger charge is 2.35. The second-order valence-corrected chi connectivity index (χ2v) is 8.95. The van der Waals surface area contributed by atoms with Crippen molar-refractivity contribution in [3.05, 3.63) is 101 Å². The summed E-state index contributed by atoms with van der Waals surface area (Å²) in [6.45, 7) is -0.144. The molecule has 3 aromatic rings. The Morgan fingerprint density at radius 3 is 2.17 bits per heavy atom. The highest BCUT2D eigenvalue weighted by molar-refractivity contribution is 7.89. The van der Waals surface area contributed by atoms with Crippen molar-refractivity contribution in [2.75, 3.05) is 6.54 Å². The van der Waals surface area contributed by atoms with Crippen LogP contribution >= 0.6 is 11.6 Å². The van der Waals surface area contributed by atoms with Gasteiger partial charge < -0.3 is 5.73 Å². The second kappa shape index (κ2) is 9.38. The third-order valence-corrected chi connectivity index (χ3v) is 6.78. The van der Waals surface area contributed by atoms with Gasteiger partial charge in [-0.25, -0.2) is 12.8 Å². The van der Waals surface area contributed by atoms with Gasteiger partial charge in [0.05, 0.1) is 4.90 Å². The van der Waals surface area contributed by atoms with E-state index in [2.05, 4.69) is 0 Å². The molecule has 156 valence electrons. The van der Waals surface area contributed by atoms with Gasteiger partial charge >= 0.3 is 0 Å². The first-order chi connectivity index (χ1) is 14.3. The van der Waals surface area contributed by atoms with Crippen molar-refractivity contribution in [3.63, 3.8) is 0 Å². The number of carbonyl (C=O) groups is 1. The quantitative estimate of drug-likeness (QED) is 0.569. The molecule has 0 heterocycles. The molecule has 0 aliphatic carbocycles. The summed E-state index contributed by atoms with van der Waals surface area (Å²) < 4.78 is 42.0. The molecule has 30 heavy (non-hydrogen) atoms. The summed E-state index contributed by atoms with van der Waals surface area (Å²) >= 11 is 5.88. The van der Waals surface area contributed by atoms with E-state index in [4.69, 9.17) is 17.3 Å². The fraction of sp³-hybridized carbons (Fsp3) is 0.136. The molecule has 0 aliphatic heterocycles. The Labute approximate surface area is 179 Å². The van der Waals surface area contributed by atoms with Gasteiger partial charge in [0.15, 0.2) is 0 Å². The lowest BCUT2D eigenvalue weighted by molar-refractivity contribution is -0.121. The molecule has 3 rings (SSSR count). The summed E-state index contributed by atoms with van der Waals surface area (Å²) in [7, 11) is -4.14. The molecule has 5 nitrogen and oxygen atoms in total. The number of hydrogen-bond acceptors (Lipinski definition) is 3. The number of primary amides is 1. The molecule has 0 radical (unpaired) electrons. The average Bonchev–Trinajstić information content (AvgIpc) is 2.72. The lowest BCUT2D eigenvalue weighted by Crippen LogP contribution is -2.42. The van der Waals surface area contributed by atoms with Crippen molar-refractivity contribution in [1.82, 2.24) is 4.31 Å². The maximum absolute atomic E-state index is 14.1. The minimum absolute atomic E-state index is 0.0392. The van der Waals surface area contributed by atoms with Crippen molar-refractivity contribution in [3.8, 4) is 0 Å². The Morgan fingerprint density at radius 2 is 1.57 bits per heavy atom. The third-order valence-electron chi connectivity index (χ3n) is 4.65. The fourth-order valence-electron chi connectivity index (χ4n) is 3.17. The lowest BCUT2D eigenvalue weighted by atomic mass is 10.1. The monoisotopic (exact) mass is 446 g/mol. The molecule has 0 saturated heterocycles. The maximum atomic E-state index is 14.1. The zero-order valence-electron chi connectivity index (χ0n) is 15.9. The summed E-state index contributed by atoms with van der Waals surface area (Å²) in [5, 5.41) is 0.376. The number of carbonyl (C=O) groups excluding carboxylic acids is 1. The number of halogens is 2. The van der Waals surface area contributed by atoms with Gasteiger partial charge in [0.25, 0.3) is 0 Å². The topological polar surface area (TPSA) is 80.5 Å². The largest absolute Gasteiger partial charge is 0.368 e. The van der Waals surface area contributed by atoms with Gasteiger partial charge in [-0.2, -0.15) is 4.31 Å². The fourth-order valence-corrected chi connectivity index (χ4v) is 4.88. The highest BCUT2D eigenvalue weighted by Crippen LogP contribution is 2.29. The van der Waals surface area contributed by atoms with Crippen LogP contribution in [-0.2, 0) is 21.2 Å². The summed E-state index contributed by atoms with van der Waals surface area (Å²) in [5.74, 6) is -1.27. The molecular weight excluding hydrogens is 427 g/mol. The molecule has 0 unspecified atom stereocenters. The van der Waals surface area contributed by atoms with Crippen LogP contribution < -0.4 is 5.73 Å². The van der Waals surface area contributed by atoms with Crippen LogP contribution in [0.15, 0.2) is 83.8 Å². The van der Waals surface area contributed by atoms with E-state index in [0.717, 1.165) is 4.31 Å². The number of sulfonamides is 1. The van der Waals surface area contributed by atoms with E-state index in [1.54, 1.807) is 48.5 Å². The first kappa shape index (κ1) is 22.0. The minimum atomic E-state index is -4.14. The Hall–Kier alpha value is -2.74. The third kappa shape index (κ3) is 4.87. The van der Waals surface area contributed by atoms with Crippen LogP contribution in [0.1, 0.15) is 17.2 Å². The molecule has 0 saturated carbocycles. The zero-order valence-corrected chi connectivity index (χ0v) is 17.5. The number of nitrogens with two attached hydrogens (primary N) is 1. The molecule has 8 heteroatoms. The van der Waals surface area contributed by atoms with Crippen molar-refractivity contribution < 1.29 is 17.6 Å². The average molecular weight is 447 g/mol. The van der Waals surface area contributed by atoms with E-state index in [-0.39, 0.29) is 17.9 Å². The number of hydrogen-bond donors (Lipinski definition) is 1. The number of rotatable bonds is 8. The molecule has 0 fully saturated rings. The van der Waals surface area contributed by atoms with Crippen LogP contribution in [0.4, 0.5) is 4.39 Å². The Morgan fingerprint density at radius 1 is 0.967 bits per heavy atom. The molecule has 1 amide bonds. The second-order valence-electron chi connectivity index (χ2n) is 6.63. The first-order valence-corrected chi connectivity index (χ1v) is 11.0. The summed E-state index contributed by atoms with van der Waals surface area (Å²) in [4.78, 5) is 12.3. The van der Waals surface area contributed by atoms with E-state index in [0.29, 0.717) is 16.1 Å². The molecule has 2 N–H and O–H groups in total. The predicted octanol–water partition coefficient (Wildman–Crippen LogP) is 3.94. The lowest BCUT2D eigenvalue weighted by Gasteiger charge is -2.29. The van der Waals surface area contributed by atoms with Crippen LogP contribution in [0.5, 0.6) is 0 Å². The minimum Gasteiger partial charge on any atom is -0.368 e. The summed E-state index contributed by atoms with van der Waals surface area (Å²) in [6, 6.07) is 18.8. The summed E-state index contributed by atoms with van der Waals surface area (Å²) in [6.07, 6.45) is 0.0656. The van der Waals surface area contributed by atoms with E-state index in [9.17, 15) is 17.6 Å². The van der Waals surface area contributed by atoms with E-state index < -0.39 is 27.8 Å². The molecule has 0 aliphatic rings. The van der Waals surface area contributed by atoms with E-state index in [1.807, 2.05) is 0 Å². The predicted molar refractivity (Wildman–Crippen MR) is 114 cm³/mol. The van der Waals surface area contributed by atoms with Gasteiger partial charge in [-0.15, -0.1) is 0 Å². The van der Waals surface area contributed by atoms with Crippen molar-refractivity contribution in [2.45, 2.75) is 17.4 Å². The zero-order chi connectivity index (χ0) is 21.7. The molecule has 3 aromatic carbocycles. The van der Waals surface area contributed by atoms with Gasteiger partial charge in [0, 0.05) is 11.6 Å². The van der Waals surface area contributed by atoms with Crippen LogP contribution in [0.3, 0.4) is 0 Å². The van der Waals surface area contributed by atoms with Crippen molar-refractivity contribution in [2.24, 2.45) is 5.73 Å². The molecular formula is C22H20ClFN2O3S. The Balaban J connectivity index is 2.06. The van der Waals surface area contributed by atoms with Crippen LogP contribution in [0.25, 0.3) is 0 Å². The maximum Gasteiger partial charge on any atom is 0.244 e. The van der Waals surface area contributed by atoms with Crippen LogP contribution in [0.2, 0.25) is 5.02 Å². The SMILES string of the molecule is NC(=O)[C@@H](c1ccccc1)N(CCc1ccccc1F)S(=O)(=O)c1ccc(Cl)cc1. The molecule has 0 bridgehead atoms. The summed E-state index contributed by atoms with van der Waals surface area (Å²) in [5.41, 5.74) is 6.39. The van der Waals surface area contributed by atoms with Gasteiger partial charge in [-0.3, -0.25) is 4.79 Å². The number of benzene rings is 3. The highest BCUT2D eigenvalue weighted by atomic mass is 35.5. The molecule has 0 aromatic heterocycles. The van der Waals surface area contributed by atoms with Gasteiger partial charge in [-0.1, -0.05) is 60.1 Å². The first-order valence-electron chi connectivity index (χ1n) is 9.16. The van der Waals surface area contributed by atoms with Crippen LogP contribution in [-0.4, -0.2) is 25.2 Å². The van der Waals surface area contributed by atoms with Crippen molar-refractivity contribution in [1.29, 1.82) is 0 Å². The smallest absolute Gasteiger partial charge is 0.244 e. The number of amides is 1. The normalized spacial score (nSPS) is 12.6. The van der Waals surface area contributed by atoms with Crippen molar-refractivity contribution >= 4 is 27.5 Å². The van der Waals surface area contributed by atoms with Gasteiger partial charge in [0.1, 0.15) is 11.9 Å². The Bertz CT molecular complexity index is 1120. The van der Waals surface area contributed by atoms with Gasteiger partial charge in [0.2, 0.25) is 15.9 Å². The van der Waals surface area contributed by atoms with Crippen LogP contribution in [0, 0.1) is 5.82 Å². The molecule has 1 atom stereocenters. The van der Waals surface area contributed by atoms with E-state index in [1.165, 1.54) is 30.3 Å². The van der Waals surface area contributed by atoms with Gasteiger partial charge in [-0.05, 0) is 47.9 Å². The molecule has 0 spiro atoms. The Kier molecular flexibility index (Phi) is 6.87. The number of nitrogens with zero attached hydrogens (tertiary/aromatic N) is 1.